The highest BCUT2D eigenvalue weighted by atomic mass is 16.6. The van der Waals surface area contributed by atoms with Gasteiger partial charge < -0.3 is 5.32 Å². The van der Waals surface area contributed by atoms with E-state index < -0.39 is 4.92 Å². The van der Waals surface area contributed by atoms with Gasteiger partial charge in [-0.1, -0.05) is 36.4 Å². The molecule has 0 unspecified atom stereocenters. The molecule has 0 spiro atoms. The van der Waals surface area contributed by atoms with Crippen molar-refractivity contribution in [3.63, 3.8) is 0 Å². The number of nitrogens with zero attached hydrogens (tertiary/aromatic N) is 2. The van der Waals surface area contributed by atoms with E-state index in [9.17, 15) is 15.4 Å². The average Bonchev–Trinajstić information content (AvgIpc) is 2.55. The van der Waals surface area contributed by atoms with E-state index in [0.717, 1.165) is 16.5 Å². The second-order valence-electron chi connectivity index (χ2n) is 4.75. The molecule has 0 amide bonds. The number of rotatable bonds is 3. The Balaban J connectivity index is 2.06. The van der Waals surface area contributed by atoms with Crippen LogP contribution in [0, 0.1) is 21.4 Å². The van der Waals surface area contributed by atoms with Crippen molar-refractivity contribution in [3.8, 4) is 6.07 Å². The average molecular weight is 289 g/mol. The number of nitrogens with one attached hydrogen (secondary N) is 1. The SMILES string of the molecule is N#Cc1cc([N+](=O)[O-])ccc1Nc1cccc2ccccc12. The zero-order valence-electron chi connectivity index (χ0n) is 11.5. The molecule has 0 aliphatic carbocycles. The van der Waals surface area contributed by atoms with Crippen molar-refractivity contribution in [2.45, 2.75) is 0 Å². The van der Waals surface area contributed by atoms with Crippen LogP contribution in [-0.2, 0) is 0 Å². The summed E-state index contributed by atoms with van der Waals surface area (Å²) in [4.78, 5) is 10.3. The van der Waals surface area contributed by atoms with Crippen molar-refractivity contribution in [3.05, 3.63) is 76.3 Å². The number of fused-ring (bicyclic) bond motifs is 1. The zero-order valence-corrected chi connectivity index (χ0v) is 11.5. The smallest absolute Gasteiger partial charge is 0.270 e. The maximum absolute atomic E-state index is 10.8. The molecule has 1 N–H and O–H groups in total. The summed E-state index contributed by atoms with van der Waals surface area (Å²) in [6.45, 7) is 0. The predicted octanol–water partition coefficient (Wildman–Crippen LogP) is 4.36. The number of benzene rings is 3. The molecule has 5 heteroatoms. The normalized spacial score (nSPS) is 10.1. The molecule has 22 heavy (non-hydrogen) atoms. The van der Waals surface area contributed by atoms with Crippen molar-refractivity contribution in [1.82, 2.24) is 0 Å². The minimum Gasteiger partial charge on any atom is -0.354 e. The van der Waals surface area contributed by atoms with E-state index in [1.807, 2.05) is 48.5 Å². The van der Waals surface area contributed by atoms with Crippen LogP contribution in [0.15, 0.2) is 60.7 Å². The van der Waals surface area contributed by atoms with Gasteiger partial charge in [-0.05, 0) is 17.5 Å². The highest BCUT2D eigenvalue weighted by molar-refractivity contribution is 5.95. The van der Waals surface area contributed by atoms with Gasteiger partial charge in [-0.3, -0.25) is 10.1 Å². The fourth-order valence-corrected chi connectivity index (χ4v) is 2.33. The van der Waals surface area contributed by atoms with Crippen LogP contribution in [0.5, 0.6) is 0 Å². The summed E-state index contributed by atoms with van der Waals surface area (Å²) in [5.41, 5.74) is 1.54. The molecule has 0 fully saturated rings. The Labute approximate surface area is 126 Å². The van der Waals surface area contributed by atoms with Gasteiger partial charge in [-0.15, -0.1) is 0 Å². The Morgan fingerprint density at radius 2 is 1.77 bits per heavy atom. The predicted molar refractivity (Wildman–Crippen MR) is 85.0 cm³/mol. The van der Waals surface area contributed by atoms with Gasteiger partial charge in [0, 0.05) is 23.2 Å². The Morgan fingerprint density at radius 1 is 1.00 bits per heavy atom. The van der Waals surface area contributed by atoms with Crippen LogP contribution in [0.25, 0.3) is 10.8 Å². The second-order valence-corrected chi connectivity index (χ2v) is 4.75. The fourth-order valence-electron chi connectivity index (χ4n) is 2.33. The number of anilines is 2. The first-order valence-corrected chi connectivity index (χ1v) is 6.62. The molecule has 3 aromatic carbocycles. The van der Waals surface area contributed by atoms with Crippen LogP contribution in [0.1, 0.15) is 5.56 Å². The number of non-ortho nitro benzene ring substituents is 1. The van der Waals surface area contributed by atoms with Crippen LogP contribution >= 0.6 is 0 Å². The lowest BCUT2D eigenvalue weighted by molar-refractivity contribution is -0.384. The van der Waals surface area contributed by atoms with Gasteiger partial charge in [0.1, 0.15) is 6.07 Å². The standard InChI is InChI=1S/C17H11N3O2/c18-11-13-10-14(20(21)22)8-9-16(13)19-17-7-3-5-12-4-1-2-6-15(12)17/h1-10,19H. The molecule has 0 aliphatic rings. The second kappa shape index (κ2) is 5.54. The molecule has 0 bridgehead atoms. The van der Waals surface area contributed by atoms with Crippen molar-refractivity contribution < 1.29 is 4.92 Å². The topological polar surface area (TPSA) is 79.0 Å². The first-order valence-electron chi connectivity index (χ1n) is 6.62. The fraction of sp³-hybridized carbons (Fsp3) is 0. The summed E-state index contributed by atoms with van der Waals surface area (Å²) in [6.07, 6.45) is 0. The highest BCUT2D eigenvalue weighted by Gasteiger charge is 2.11. The van der Waals surface area contributed by atoms with Crippen molar-refractivity contribution in [1.29, 1.82) is 5.26 Å². The Kier molecular flexibility index (Phi) is 3.42. The minimum atomic E-state index is -0.511. The molecule has 0 aliphatic heterocycles. The molecule has 0 saturated carbocycles. The number of nitro groups is 1. The van der Waals surface area contributed by atoms with E-state index in [-0.39, 0.29) is 11.3 Å². The monoisotopic (exact) mass is 289 g/mol. The Bertz CT molecular complexity index is 908. The highest BCUT2D eigenvalue weighted by Crippen LogP contribution is 2.29. The molecule has 5 nitrogen and oxygen atoms in total. The summed E-state index contributed by atoms with van der Waals surface area (Å²) in [5, 5.41) is 25.3. The van der Waals surface area contributed by atoms with Crippen molar-refractivity contribution in [2.24, 2.45) is 0 Å². The zero-order chi connectivity index (χ0) is 15.5. The van der Waals surface area contributed by atoms with Gasteiger partial charge in [0.15, 0.2) is 0 Å². The molecule has 3 aromatic rings. The molecule has 3 rings (SSSR count). The molecule has 0 atom stereocenters. The van der Waals surface area contributed by atoms with E-state index >= 15 is 0 Å². The first kappa shape index (κ1) is 13.6. The van der Waals surface area contributed by atoms with Gasteiger partial charge in [-0.25, -0.2) is 0 Å². The molecule has 0 heterocycles. The third-order valence-electron chi connectivity index (χ3n) is 3.39. The van der Waals surface area contributed by atoms with Gasteiger partial charge in [-0.2, -0.15) is 5.26 Å². The lowest BCUT2D eigenvalue weighted by atomic mass is 10.1. The third kappa shape index (κ3) is 2.45. The summed E-state index contributed by atoms with van der Waals surface area (Å²) >= 11 is 0. The van der Waals surface area contributed by atoms with Crippen molar-refractivity contribution in [2.75, 3.05) is 5.32 Å². The van der Waals surface area contributed by atoms with E-state index in [1.54, 1.807) is 6.07 Å². The molecule has 0 aromatic heterocycles. The first-order chi connectivity index (χ1) is 10.7. The van der Waals surface area contributed by atoms with E-state index in [0.29, 0.717) is 5.69 Å². The van der Waals surface area contributed by atoms with Crippen molar-refractivity contribution >= 4 is 27.8 Å². The number of nitriles is 1. The summed E-state index contributed by atoms with van der Waals surface area (Å²) in [7, 11) is 0. The van der Waals surface area contributed by atoms with Crippen LogP contribution in [-0.4, -0.2) is 4.92 Å². The van der Waals surface area contributed by atoms with Gasteiger partial charge in [0.05, 0.1) is 16.2 Å². The lowest BCUT2D eigenvalue weighted by Crippen LogP contribution is -1.96. The lowest BCUT2D eigenvalue weighted by Gasteiger charge is -2.11. The summed E-state index contributed by atoms with van der Waals surface area (Å²) in [6, 6.07) is 19.9. The van der Waals surface area contributed by atoms with Crippen LogP contribution < -0.4 is 5.32 Å². The van der Waals surface area contributed by atoms with Gasteiger partial charge in [0.25, 0.3) is 5.69 Å². The van der Waals surface area contributed by atoms with Crippen LogP contribution in [0.2, 0.25) is 0 Å². The summed E-state index contributed by atoms with van der Waals surface area (Å²) < 4.78 is 0. The van der Waals surface area contributed by atoms with E-state index in [2.05, 4.69) is 5.32 Å². The molecule has 106 valence electrons. The summed E-state index contributed by atoms with van der Waals surface area (Å²) in [5.74, 6) is 0. The number of hydrogen-bond donors (Lipinski definition) is 1. The number of nitro benzene ring substituents is 1. The molecule has 0 radical (unpaired) electrons. The maximum Gasteiger partial charge on any atom is 0.270 e. The molecular formula is C17H11N3O2. The minimum absolute atomic E-state index is 0.0972. The quantitative estimate of drug-likeness (QED) is 0.573. The molecular weight excluding hydrogens is 278 g/mol. The van der Waals surface area contributed by atoms with Crippen LogP contribution in [0.3, 0.4) is 0 Å². The van der Waals surface area contributed by atoms with Gasteiger partial charge >= 0.3 is 0 Å². The Morgan fingerprint density at radius 3 is 2.55 bits per heavy atom. The Hall–Kier alpha value is -3.39. The molecule has 0 saturated heterocycles. The number of hydrogen-bond acceptors (Lipinski definition) is 4. The third-order valence-corrected chi connectivity index (χ3v) is 3.39. The van der Waals surface area contributed by atoms with Crippen LogP contribution in [0.4, 0.5) is 17.1 Å². The van der Waals surface area contributed by atoms with E-state index in [1.165, 1.54) is 12.1 Å². The maximum atomic E-state index is 10.8. The largest absolute Gasteiger partial charge is 0.354 e. The van der Waals surface area contributed by atoms with Gasteiger partial charge in [0.2, 0.25) is 0 Å². The van der Waals surface area contributed by atoms with E-state index in [4.69, 9.17) is 0 Å².